The highest BCUT2D eigenvalue weighted by atomic mass is 15.1. The SMILES string of the molecule is CCNc1cc(CC)nc(-c2cncn2C2CC2)n1. The van der Waals surface area contributed by atoms with Crippen molar-refractivity contribution in [2.45, 2.75) is 39.2 Å². The summed E-state index contributed by atoms with van der Waals surface area (Å²) in [5.74, 6) is 1.67. The number of nitrogens with zero attached hydrogens (tertiary/aromatic N) is 4. The van der Waals surface area contributed by atoms with Crippen LogP contribution in [0, 0.1) is 0 Å². The summed E-state index contributed by atoms with van der Waals surface area (Å²) in [4.78, 5) is 13.5. The zero-order valence-corrected chi connectivity index (χ0v) is 11.4. The lowest BCUT2D eigenvalue weighted by Crippen LogP contribution is -2.05. The van der Waals surface area contributed by atoms with Crippen LogP contribution in [-0.2, 0) is 6.42 Å². The number of imidazole rings is 1. The van der Waals surface area contributed by atoms with Gasteiger partial charge in [0, 0.05) is 24.3 Å². The lowest BCUT2D eigenvalue weighted by atomic mass is 10.3. The molecule has 1 aliphatic carbocycles. The van der Waals surface area contributed by atoms with E-state index in [2.05, 4.69) is 38.7 Å². The normalized spacial score (nSPS) is 14.6. The second kappa shape index (κ2) is 4.99. The summed E-state index contributed by atoms with van der Waals surface area (Å²) in [5.41, 5.74) is 2.08. The van der Waals surface area contributed by atoms with Gasteiger partial charge in [0.2, 0.25) is 0 Å². The molecule has 100 valence electrons. The molecule has 0 atom stereocenters. The lowest BCUT2D eigenvalue weighted by molar-refractivity contribution is 0.742. The molecule has 19 heavy (non-hydrogen) atoms. The van der Waals surface area contributed by atoms with Gasteiger partial charge in [-0.1, -0.05) is 6.92 Å². The van der Waals surface area contributed by atoms with Crippen LogP contribution in [0.5, 0.6) is 0 Å². The van der Waals surface area contributed by atoms with Crippen LogP contribution in [0.25, 0.3) is 11.5 Å². The molecule has 1 aliphatic rings. The van der Waals surface area contributed by atoms with Gasteiger partial charge in [-0.25, -0.2) is 15.0 Å². The predicted octanol–water partition coefficient (Wildman–Crippen LogP) is 2.67. The Balaban J connectivity index is 2.02. The molecule has 2 heterocycles. The predicted molar refractivity (Wildman–Crippen MR) is 75.1 cm³/mol. The van der Waals surface area contributed by atoms with Crippen molar-refractivity contribution in [1.82, 2.24) is 19.5 Å². The molecule has 1 N–H and O–H groups in total. The summed E-state index contributed by atoms with van der Waals surface area (Å²) >= 11 is 0. The highest BCUT2D eigenvalue weighted by molar-refractivity contribution is 5.53. The molecule has 0 aliphatic heterocycles. The second-order valence-electron chi connectivity index (χ2n) is 4.87. The summed E-state index contributed by atoms with van der Waals surface area (Å²) in [6.45, 7) is 5.05. The summed E-state index contributed by atoms with van der Waals surface area (Å²) < 4.78 is 2.20. The molecule has 1 saturated carbocycles. The molecule has 5 heteroatoms. The van der Waals surface area contributed by atoms with Crippen LogP contribution in [0.2, 0.25) is 0 Å². The van der Waals surface area contributed by atoms with Crippen molar-refractivity contribution < 1.29 is 0 Å². The Labute approximate surface area is 113 Å². The Morgan fingerprint density at radius 1 is 1.32 bits per heavy atom. The van der Waals surface area contributed by atoms with Gasteiger partial charge in [-0.05, 0) is 26.2 Å². The number of aryl methyl sites for hydroxylation is 1. The third-order valence-corrected chi connectivity index (χ3v) is 3.33. The second-order valence-corrected chi connectivity index (χ2v) is 4.87. The van der Waals surface area contributed by atoms with E-state index in [-0.39, 0.29) is 0 Å². The molecule has 3 rings (SSSR count). The molecular formula is C14H19N5. The van der Waals surface area contributed by atoms with Crippen LogP contribution in [-0.4, -0.2) is 26.1 Å². The summed E-state index contributed by atoms with van der Waals surface area (Å²) in [7, 11) is 0. The standard InChI is InChI=1S/C14H19N5/c1-3-10-7-13(16-4-2)18-14(17-10)12-8-15-9-19(12)11-5-6-11/h7-9,11H,3-6H2,1-2H3,(H,16,17,18). The van der Waals surface area contributed by atoms with E-state index in [1.807, 2.05) is 18.6 Å². The molecular weight excluding hydrogens is 238 g/mol. The minimum atomic E-state index is 0.592. The fourth-order valence-electron chi connectivity index (χ4n) is 2.19. The minimum Gasteiger partial charge on any atom is -0.370 e. The molecule has 2 aromatic rings. The van der Waals surface area contributed by atoms with E-state index in [9.17, 15) is 0 Å². The zero-order chi connectivity index (χ0) is 13.2. The first-order chi connectivity index (χ1) is 9.31. The fraction of sp³-hybridized carbons (Fsp3) is 0.500. The maximum absolute atomic E-state index is 4.64. The molecule has 5 nitrogen and oxygen atoms in total. The van der Waals surface area contributed by atoms with Gasteiger partial charge in [0.15, 0.2) is 5.82 Å². The van der Waals surface area contributed by atoms with Crippen LogP contribution in [0.15, 0.2) is 18.6 Å². The molecule has 0 aromatic carbocycles. The fourth-order valence-corrected chi connectivity index (χ4v) is 2.19. The van der Waals surface area contributed by atoms with Crippen LogP contribution in [0.4, 0.5) is 5.82 Å². The topological polar surface area (TPSA) is 55.6 Å². The Kier molecular flexibility index (Phi) is 3.19. The largest absolute Gasteiger partial charge is 0.370 e. The van der Waals surface area contributed by atoms with E-state index in [1.165, 1.54) is 12.8 Å². The monoisotopic (exact) mass is 257 g/mol. The van der Waals surface area contributed by atoms with Crippen molar-refractivity contribution in [1.29, 1.82) is 0 Å². The zero-order valence-electron chi connectivity index (χ0n) is 11.4. The van der Waals surface area contributed by atoms with Crippen molar-refractivity contribution in [3.63, 3.8) is 0 Å². The van der Waals surface area contributed by atoms with Gasteiger partial charge in [0.1, 0.15) is 11.5 Å². The molecule has 0 unspecified atom stereocenters. The van der Waals surface area contributed by atoms with E-state index in [0.29, 0.717) is 6.04 Å². The van der Waals surface area contributed by atoms with Crippen molar-refractivity contribution in [2.75, 3.05) is 11.9 Å². The van der Waals surface area contributed by atoms with Gasteiger partial charge in [-0.3, -0.25) is 0 Å². The average molecular weight is 257 g/mol. The van der Waals surface area contributed by atoms with Crippen molar-refractivity contribution in [2.24, 2.45) is 0 Å². The van der Waals surface area contributed by atoms with E-state index < -0.39 is 0 Å². The molecule has 0 bridgehead atoms. The maximum Gasteiger partial charge on any atom is 0.180 e. The third kappa shape index (κ3) is 2.45. The van der Waals surface area contributed by atoms with E-state index >= 15 is 0 Å². The molecule has 2 aromatic heterocycles. The quantitative estimate of drug-likeness (QED) is 0.894. The molecule has 0 radical (unpaired) electrons. The van der Waals surface area contributed by atoms with Gasteiger partial charge in [0.05, 0.1) is 12.5 Å². The maximum atomic E-state index is 4.64. The Bertz CT molecular complexity index is 571. The molecule has 1 fully saturated rings. The van der Waals surface area contributed by atoms with Crippen LogP contribution in [0.1, 0.15) is 38.4 Å². The number of rotatable bonds is 5. The molecule has 0 saturated heterocycles. The van der Waals surface area contributed by atoms with Crippen LogP contribution < -0.4 is 5.32 Å². The Morgan fingerprint density at radius 3 is 2.84 bits per heavy atom. The van der Waals surface area contributed by atoms with Crippen molar-refractivity contribution in [3.8, 4) is 11.5 Å². The first-order valence-electron chi connectivity index (χ1n) is 6.95. The van der Waals surface area contributed by atoms with E-state index in [1.54, 1.807) is 0 Å². The first-order valence-corrected chi connectivity index (χ1v) is 6.95. The number of hydrogen-bond acceptors (Lipinski definition) is 4. The van der Waals surface area contributed by atoms with Gasteiger partial charge in [0.25, 0.3) is 0 Å². The van der Waals surface area contributed by atoms with Gasteiger partial charge < -0.3 is 9.88 Å². The summed E-state index contributed by atoms with van der Waals surface area (Å²) in [5, 5.41) is 3.27. The highest BCUT2D eigenvalue weighted by Crippen LogP contribution is 2.37. The number of nitrogens with one attached hydrogen (secondary N) is 1. The van der Waals surface area contributed by atoms with E-state index in [0.717, 1.165) is 36.0 Å². The minimum absolute atomic E-state index is 0.592. The number of aromatic nitrogens is 4. The molecule has 0 spiro atoms. The van der Waals surface area contributed by atoms with Gasteiger partial charge in [-0.2, -0.15) is 0 Å². The number of hydrogen-bond donors (Lipinski definition) is 1. The van der Waals surface area contributed by atoms with Gasteiger partial charge in [-0.15, -0.1) is 0 Å². The number of anilines is 1. The summed E-state index contributed by atoms with van der Waals surface area (Å²) in [6, 6.07) is 2.61. The van der Waals surface area contributed by atoms with Crippen LogP contribution in [0.3, 0.4) is 0 Å². The van der Waals surface area contributed by atoms with Gasteiger partial charge >= 0.3 is 0 Å². The summed E-state index contributed by atoms with van der Waals surface area (Å²) in [6.07, 6.45) is 7.13. The first kappa shape index (κ1) is 12.1. The van der Waals surface area contributed by atoms with Crippen LogP contribution >= 0.6 is 0 Å². The van der Waals surface area contributed by atoms with Crippen molar-refractivity contribution in [3.05, 3.63) is 24.3 Å². The molecule has 0 amide bonds. The average Bonchev–Trinajstić information content (AvgIpc) is 3.16. The van der Waals surface area contributed by atoms with Crippen molar-refractivity contribution >= 4 is 5.82 Å². The lowest BCUT2D eigenvalue weighted by Gasteiger charge is -2.09. The van der Waals surface area contributed by atoms with E-state index in [4.69, 9.17) is 0 Å². The highest BCUT2D eigenvalue weighted by Gasteiger charge is 2.26. The third-order valence-electron chi connectivity index (χ3n) is 3.33. The Morgan fingerprint density at radius 2 is 2.16 bits per heavy atom. The Hall–Kier alpha value is -1.91. The smallest absolute Gasteiger partial charge is 0.180 e.